The van der Waals surface area contributed by atoms with E-state index in [0.29, 0.717) is 13.0 Å². The third-order valence-electron chi connectivity index (χ3n) is 4.34. The maximum absolute atomic E-state index is 12.2. The predicted octanol–water partition coefficient (Wildman–Crippen LogP) is 0.471. The van der Waals surface area contributed by atoms with Crippen LogP contribution in [0.15, 0.2) is 0 Å². The van der Waals surface area contributed by atoms with Crippen LogP contribution in [0.4, 0.5) is 0 Å². The van der Waals surface area contributed by atoms with Crippen LogP contribution in [-0.4, -0.2) is 55.3 Å². The van der Waals surface area contributed by atoms with Crippen LogP contribution in [0.1, 0.15) is 45.4 Å². The van der Waals surface area contributed by atoms with Gasteiger partial charge in [0.05, 0.1) is 11.5 Å². The van der Waals surface area contributed by atoms with Crippen LogP contribution in [0.25, 0.3) is 0 Å². The molecular weight excluding hydrogens is 292 g/mol. The zero-order chi connectivity index (χ0) is 15.5. The molecule has 1 unspecified atom stereocenters. The topological polar surface area (TPSA) is 83.6 Å². The number of nitrogens with one attached hydrogen (secondary N) is 1. The molecule has 1 saturated carbocycles. The van der Waals surface area contributed by atoms with Gasteiger partial charge in [0, 0.05) is 18.6 Å². The van der Waals surface area contributed by atoms with E-state index in [4.69, 9.17) is 0 Å². The lowest BCUT2D eigenvalue weighted by Crippen LogP contribution is -2.44. The summed E-state index contributed by atoms with van der Waals surface area (Å²) < 4.78 is 23.0. The lowest BCUT2D eigenvalue weighted by Gasteiger charge is -2.27. The summed E-state index contributed by atoms with van der Waals surface area (Å²) in [5.74, 6) is -0.353. The zero-order valence-corrected chi connectivity index (χ0v) is 13.3. The van der Waals surface area contributed by atoms with Crippen molar-refractivity contribution >= 4 is 21.7 Å². The minimum Gasteiger partial charge on any atom is -0.353 e. The molecule has 0 aromatic carbocycles. The summed E-state index contributed by atoms with van der Waals surface area (Å²) in [7, 11) is -3.03. The van der Waals surface area contributed by atoms with E-state index in [1.165, 1.54) is 0 Å². The second-order valence-corrected chi connectivity index (χ2v) is 8.19. The lowest BCUT2D eigenvalue weighted by atomic mass is 10.2. The SMILES string of the molecule is CCN(C(=O)CC(=O)NC1CCCC1)C1CCS(=O)(=O)C1. The minimum absolute atomic E-state index is 0.0246. The molecule has 1 N–H and O–H groups in total. The molecule has 2 aliphatic rings. The van der Waals surface area contributed by atoms with E-state index in [1.54, 1.807) is 4.90 Å². The molecule has 1 aliphatic carbocycles. The monoisotopic (exact) mass is 316 g/mol. The average molecular weight is 316 g/mol. The predicted molar refractivity (Wildman–Crippen MR) is 79.5 cm³/mol. The summed E-state index contributed by atoms with van der Waals surface area (Å²) in [6, 6.07) is -0.0704. The van der Waals surface area contributed by atoms with E-state index < -0.39 is 9.84 Å². The molecule has 0 radical (unpaired) electrons. The summed E-state index contributed by atoms with van der Waals surface area (Å²) >= 11 is 0. The first-order chi connectivity index (χ1) is 9.91. The third-order valence-corrected chi connectivity index (χ3v) is 6.09. The summed E-state index contributed by atoms with van der Waals surface area (Å²) in [6.07, 6.45) is 4.52. The van der Waals surface area contributed by atoms with Crippen molar-refractivity contribution in [1.82, 2.24) is 10.2 Å². The molecular formula is C14H24N2O4S. The van der Waals surface area contributed by atoms with Gasteiger partial charge in [-0.05, 0) is 26.2 Å². The molecule has 1 heterocycles. The van der Waals surface area contributed by atoms with Gasteiger partial charge >= 0.3 is 0 Å². The molecule has 21 heavy (non-hydrogen) atoms. The summed E-state index contributed by atoms with van der Waals surface area (Å²) in [6.45, 7) is 2.26. The number of sulfone groups is 1. The Morgan fingerprint density at radius 2 is 1.86 bits per heavy atom. The number of nitrogens with zero attached hydrogens (tertiary/aromatic N) is 1. The Morgan fingerprint density at radius 3 is 2.38 bits per heavy atom. The van der Waals surface area contributed by atoms with E-state index in [0.717, 1.165) is 25.7 Å². The van der Waals surface area contributed by atoms with Gasteiger partial charge in [0.1, 0.15) is 6.42 Å². The van der Waals surface area contributed by atoms with Crippen LogP contribution in [0.2, 0.25) is 0 Å². The van der Waals surface area contributed by atoms with Crippen LogP contribution < -0.4 is 5.32 Å². The molecule has 7 heteroatoms. The van der Waals surface area contributed by atoms with Crippen molar-refractivity contribution in [2.45, 2.75) is 57.5 Å². The Morgan fingerprint density at radius 1 is 1.19 bits per heavy atom. The first-order valence-corrected chi connectivity index (χ1v) is 9.52. The maximum atomic E-state index is 12.2. The first kappa shape index (κ1) is 16.3. The average Bonchev–Trinajstić information content (AvgIpc) is 3.00. The molecule has 0 aromatic heterocycles. The molecule has 1 aliphatic heterocycles. The Bertz CT molecular complexity index is 497. The molecule has 0 bridgehead atoms. The van der Waals surface area contributed by atoms with E-state index in [-0.39, 0.29) is 41.8 Å². The van der Waals surface area contributed by atoms with Gasteiger partial charge in [0.2, 0.25) is 11.8 Å². The van der Waals surface area contributed by atoms with Gasteiger partial charge in [-0.1, -0.05) is 12.8 Å². The van der Waals surface area contributed by atoms with Crippen LogP contribution in [0.5, 0.6) is 0 Å². The highest BCUT2D eigenvalue weighted by molar-refractivity contribution is 7.91. The summed E-state index contributed by atoms with van der Waals surface area (Å²) in [4.78, 5) is 25.7. The number of carbonyl (C=O) groups is 2. The summed E-state index contributed by atoms with van der Waals surface area (Å²) in [5.41, 5.74) is 0. The fourth-order valence-corrected chi connectivity index (χ4v) is 4.98. The molecule has 0 aromatic rings. The fraction of sp³-hybridized carbons (Fsp3) is 0.857. The van der Waals surface area contributed by atoms with E-state index in [9.17, 15) is 18.0 Å². The van der Waals surface area contributed by atoms with Crippen molar-refractivity contribution in [2.75, 3.05) is 18.1 Å². The Labute approximate surface area is 126 Å². The van der Waals surface area contributed by atoms with Crippen molar-refractivity contribution in [3.63, 3.8) is 0 Å². The van der Waals surface area contributed by atoms with Crippen LogP contribution in [-0.2, 0) is 19.4 Å². The van der Waals surface area contributed by atoms with Gasteiger partial charge in [0.15, 0.2) is 9.84 Å². The van der Waals surface area contributed by atoms with E-state index >= 15 is 0 Å². The van der Waals surface area contributed by atoms with Crippen molar-refractivity contribution in [3.05, 3.63) is 0 Å². The van der Waals surface area contributed by atoms with Crippen molar-refractivity contribution in [3.8, 4) is 0 Å². The van der Waals surface area contributed by atoms with Crippen LogP contribution >= 0.6 is 0 Å². The van der Waals surface area contributed by atoms with Crippen LogP contribution in [0.3, 0.4) is 0 Å². The van der Waals surface area contributed by atoms with Crippen molar-refractivity contribution in [2.24, 2.45) is 0 Å². The Hall–Kier alpha value is -1.11. The molecule has 6 nitrogen and oxygen atoms in total. The van der Waals surface area contributed by atoms with E-state index in [1.807, 2.05) is 6.92 Å². The van der Waals surface area contributed by atoms with Gasteiger partial charge in [-0.25, -0.2) is 8.42 Å². The summed E-state index contributed by atoms with van der Waals surface area (Å²) in [5, 5.41) is 2.89. The molecule has 0 spiro atoms. The number of hydrogen-bond acceptors (Lipinski definition) is 4. The standard InChI is InChI=1S/C14H24N2O4S/c1-2-16(12-7-8-21(19,20)10-12)14(18)9-13(17)15-11-5-3-4-6-11/h11-12H,2-10H2,1H3,(H,15,17). The minimum atomic E-state index is -3.03. The maximum Gasteiger partial charge on any atom is 0.232 e. The molecule has 2 amide bonds. The molecule has 2 rings (SSSR count). The second kappa shape index (κ2) is 6.77. The van der Waals surface area contributed by atoms with Crippen LogP contribution in [0, 0.1) is 0 Å². The second-order valence-electron chi connectivity index (χ2n) is 5.96. The normalized spacial score (nSPS) is 24.9. The fourth-order valence-electron chi connectivity index (χ4n) is 3.25. The third kappa shape index (κ3) is 4.43. The highest BCUT2D eigenvalue weighted by Crippen LogP contribution is 2.19. The highest BCUT2D eigenvalue weighted by atomic mass is 32.2. The highest BCUT2D eigenvalue weighted by Gasteiger charge is 2.34. The van der Waals surface area contributed by atoms with Gasteiger partial charge in [-0.3, -0.25) is 9.59 Å². The van der Waals surface area contributed by atoms with Gasteiger partial charge in [0.25, 0.3) is 0 Å². The first-order valence-electron chi connectivity index (χ1n) is 7.70. The molecule has 120 valence electrons. The van der Waals surface area contributed by atoms with Gasteiger partial charge in [-0.15, -0.1) is 0 Å². The Kier molecular flexibility index (Phi) is 5.24. The Balaban J connectivity index is 1.86. The number of rotatable bonds is 5. The van der Waals surface area contributed by atoms with Crippen molar-refractivity contribution in [1.29, 1.82) is 0 Å². The molecule has 2 fully saturated rings. The van der Waals surface area contributed by atoms with E-state index in [2.05, 4.69) is 5.32 Å². The quantitative estimate of drug-likeness (QED) is 0.747. The largest absolute Gasteiger partial charge is 0.353 e. The smallest absolute Gasteiger partial charge is 0.232 e. The lowest BCUT2D eigenvalue weighted by molar-refractivity contribution is -0.137. The molecule has 1 atom stereocenters. The van der Waals surface area contributed by atoms with Gasteiger partial charge < -0.3 is 10.2 Å². The van der Waals surface area contributed by atoms with Crippen molar-refractivity contribution < 1.29 is 18.0 Å². The number of carbonyl (C=O) groups excluding carboxylic acids is 2. The zero-order valence-electron chi connectivity index (χ0n) is 12.5. The number of hydrogen-bond donors (Lipinski definition) is 1. The van der Waals surface area contributed by atoms with Gasteiger partial charge in [-0.2, -0.15) is 0 Å². The molecule has 1 saturated heterocycles. The number of amides is 2.